The molecule has 0 amide bonds. The third-order valence-electron chi connectivity index (χ3n) is 4.20. The number of carbonyl (C=O) groups is 1. The van der Waals surface area contributed by atoms with Crippen LogP contribution < -0.4 is 5.32 Å². The maximum atomic E-state index is 11.2. The number of cyclic esters (lactones) is 1. The summed E-state index contributed by atoms with van der Waals surface area (Å²) in [5.74, 6) is -0.245. The quantitative estimate of drug-likeness (QED) is 0.676. The van der Waals surface area contributed by atoms with E-state index >= 15 is 0 Å². The van der Waals surface area contributed by atoms with Crippen molar-refractivity contribution >= 4 is 5.97 Å². The van der Waals surface area contributed by atoms with Crippen molar-refractivity contribution < 1.29 is 9.53 Å². The van der Waals surface area contributed by atoms with Gasteiger partial charge in [-0.1, -0.05) is 69.7 Å². The van der Waals surface area contributed by atoms with Gasteiger partial charge in [0.15, 0.2) is 6.23 Å². The van der Waals surface area contributed by atoms with E-state index in [1.165, 1.54) is 24.8 Å². The number of hydrogen-bond acceptors (Lipinski definition) is 3. The molecule has 3 heteroatoms. The van der Waals surface area contributed by atoms with Crippen molar-refractivity contribution in [2.24, 2.45) is 0 Å². The van der Waals surface area contributed by atoms with E-state index in [4.69, 9.17) is 4.74 Å². The lowest BCUT2D eigenvalue weighted by Crippen LogP contribution is -2.15. The molecule has 0 aromatic heterocycles. The number of aryl methyl sites for hydroxylation is 3. The molecular weight excluding hydrogens is 322 g/mol. The van der Waals surface area contributed by atoms with E-state index < -0.39 is 0 Å². The van der Waals surface area contributed by atoms with Gasteiger partial charge in [0.1, 0.15) is 0 Å². The Labute approximate surface area is 158 Å². The zero-order valence-electron chi connectivity index (χ0n) is 17.1. The van der Waals surface area contributed by atoms with Crippen LogP contribution in [-0.2, 0) is 17.6 Å². The molecule has 0 bridgehead atoms. The van der Waals surface area contributed by atoms with Gasteiger partial charge in [-0.25, -0.2) is 4.79 Å². The summed E-state index contributed by atoms with van der Waals surface area (Å²) in [5, 5.41) is 2.91. The van der Waals surface area contributed by atoms with Crippen LogP contribution >= 0.6 is 0 Å². The third-order valence-corrected chi connectivity index (χ3v) is 4.20. The van der Waals surface area contributed by atoms with Crippen LogP contribution in [0.15, 0.2) is 42.5 Å². The Balaban J connectivity index is 0.000000221. The second-order valence-corrected chi connectivity index (χ2v) is 5.79. The fourth-order valence-corrected chi connectivity index (χ4v) is 3.06. The van der Waals surface area contributed by atoms with E-state index in [2.05, 4.69) is 30.4 Å². The maximum Gasteiger partial charge on any atom is 0.340 e. The van der Waals surface area contributed by atoms with Crippen molar-refractivity contribution in [2.45, 2.75) is 60.1 Å². The zero-order valence-corrected chi connectivity index (χ0v) is 17.1. The number of rotatable bonds is 1. The van der Waals surface area contributed by atoms with Crippen molar-refractivity contribution in [3.8, 4) is 0 Å². The molecule has 0 spiro atoms. The van der Waals surface area contributed by atoms with Crippen molar-refractivity contribution in [3.05, 3.63) is 70.3 Å². The Bertz CT molecular complexity index is 694. The average Bonchev–Trinajstić information content (AvgIpc) is 3.29. The summed E-state index contributed by atoms with van der Waals surface area (Å²) < 4.78 is 5.03. The van der Waals surface area contributed by atoms with Gasteiger partial charge in [0.05, 0.1) is 5.56 Å². The van der Waals surface area contributed by atoms with Crippen molar-refractivity contribution in [3.63, 3.8) is 0 Å². The highest BCUT2D eigenvalue weighted by molar-refractivity contribution is 5.93. The molecule has 0 fully saturated rings. The largest absolute Gasteiger partial charge is 0.439 e. The smallest absolute Gasteiger partial charge is 0.340 e. The molecule has 0 radical (unpaired) electrons. The highest BCUT2D eigenvalue weighted by Gasteiger charge is 2.28. The minimum atomic E-state index is -0.270. The molecule has 1 aliphatic heterocycles. The van der Waals surface area contributed by atoms with Gasteiger partial charge >= 0.3 is 5.97 Å². The molecule has 1 heterocycles. The van der Waals surface area contributed by atoms with Crippen molar-refractivity contribution in [1.82, 2.24) is 5.32 Å². The molecule has 2 aromatic carbocycles. The van der Waals surface area contributed by atoms with Gasteiger partial charge in [-0.3, -0.25) is 5.32 Å². The molecule has 142 valence electrons. The summed E-state index contributed by atoms with van der Waals surface area (Å²) >= 11 is 0. The zero-order chi connectivity index (χ0) is 19.5. The monoisotopic (exact) mass is 355 g/mol. The van der Waals surface area contributed by atoms with Gasteiger partial charge < -0.3 is 4.74 Å². The minimum Gasteiger partial charge on any atom is -0.439 e. The topological polar surface area (TPSA) is 38.3 Å². The highest BCUT2D eigenvalue weighted by atomic mass is 16.6. The van der Waals surface area contributed by atoms with E-state index in [1.54, 1.807) is 24.2 Å². The molecule has 0 saturated carbocycles. The normalized spacial score (nSPS) is 15.8. The van der Waals surface area contributed by atoms with Gasteiger partial charge in [0.25, 0.3) is 0 Å². The summed E-state index contributed by atoms with van der Waals surface area (Å²) in [6.07, 6.45) is 3.69. The Hall–Kier alpha value is -2.13. The van der Waals surface area contributed by atoms with Gasteiger partial charge in [0, 0.05) is 5.56 Å². The Morgan fingerprint density at radius 2 is 1.62 bits per heavy atom. The SMILES string of the molecule is CC.CC.CNC1OC(=O)c2ccccc21.Cc1ccc2c(c1)CCC2. The lowest BCUT2D eigenvalue weighted by atomic mass is 10.1. The first-order chi connectivity index (χ1) is 12.7. The molecule has 1 aliphatic carbocycles. The molecule has 1 atom stereocenters. The van der Waals surface area contributed by atoms with Gasteiger partial charge in [-0.15, -0.1) is 0 Å². The van der Waals surface area contributed by atoms with Gasteiger partial charge in [-0.2, -0.15) is 0 Å². The number of esters is 1. The molecule has 26 heavy (non-hydrogen) atoms. The predicted molar refractivity (Wildman–Crippen MR) is 110 cm³/mol. The molecule has 3 nitrogen and oxygen atoms in total. The first-order valence-corrected chi connectivity index (χ1v) is 9.74. The molecular formula is C23H33NO2. The van der Waals surface area contributed by atoms with Crippen LogP contribution in [0.5, 0.6) is 0 Å². The highest BCUT2D eigenvalue weighted by Crippen LogP contribution is 2.27. The minimum absolute atomic E-state index is 0.245. The second kappa shape index (κ2) is 11.5. The van der Waals surface area contributed by atoms with Crippen LogP contribution in [0, 0.1) is 6.92 Å². The molecule has 0 saturated heterocycles. The number of ether oxygens (including phenoxy) is 1. The van der Waals surface area contributed by atoms with Crippen molar-refractivity contribution in [1.29, 1.82) is 0 Å². The van der Waals surface area contributed by atoms with Gasteiger partial charge in [-0.05, 0) is 50.4 Å². The van der Waals surface area contributed by atoms with Crippen LogP contribution in [0.2, 0.25) is 0 Å². The first-order valence-electron chi connectivity index (χ1n) is 9.74. The maximum absolute atomic E-state index is 11.2. The van der Waals surface area contributed by atoms with Crippen LogP contribution in [0.1, 0.15) is 73.0 Å². The number of carbonyl (C=O) groups excluding carboxylic acids is 1. The van der Waals surface area contributed by atoms with E-state index in [0.29, 0.717) is 5.56 Å². The molecule has 1 N–H and O–H groups in total. The summed E-state index contributed by atoms with van der Waals surface area (Å²) in [4.78, 5) is 11.2. The molecule has 1 unspecified atom stereocenters. The van der Waals surface area contributed by atoms with E-state index in [-0.39, 0.29) is 12.2 Å². The summed E-state index contributed by atoms with van der Waals surface area (Å²) in [6.45, 7) is 10.2. The summed E-state index contributed by atoms with van der Waals surface area (Å²) in [6, 6.07) is 14.2. The van der Waals surface area contributed by atoms with Crippen molar-refractivity contribution in [2.75, 3.05) is 7.05 Å². The lowest BCUT2D eigenvalue weighted by Gasteiger charge is -2.07. The average molecular weight is 356 g/mol. The van der Waals surface area contributed by atoms with Crippen LogP contribution in [0.4, 0.5) is 0 Å². The Morgan fingerprint density at radius 3 is 2.31 bits per heavy atom. The Kier molecular flexibility index (Phi) is 9.67. The number of nitrogens with one attached hydrogen (secondary N) is 1. The molecule has 4 rings (SSSR count). The standard InChI is InChI=1S/C10H12.C9H9NO2.2C2H6/c1-8-5-6-9-3-2-4-10(9)7-8;1-10-8-6-4-2-3-5-7(6)9(11)12-8;2*1-2/h5-7H,2-4H2,1H3;2-5,8,10H,1H3;2*1-2H3. The van der Waals surface area contributed by atoms with E-state index in [9.17, 15) is 4.79 Å². The number of hydrogen-bond donors (Lipinski definition) is 1. The third kappa shape index (κ3) is 5.43. The summed E-state index contributed by atoms with van der Waals surface area (Å²) in [7, 11) is 1.76. The fourth-order valence-electron chi connectivity index (χ4n) is 3.06. The predicted octanol–water partition coefficient (Wildman–Crippen LogP) is 5.61. The molecule has 2 aromatic rings. The second-order valence-electron chi connectivity index (χ2n) is 5.79. The van der Waals surface area contributed by atoms with E-state index in [1.807, 2.05) is 45.9 Å². The number of fused-ring (bicyclic) bond motifs is 2. The lowest BCUT2D eigenvalue weighted by molar-refractivity contribution is 0.0328. The van der Waals surface area contributed by atoms with Crippen LogP contribution in [-0.4, -0.2) is 13.0 Å². The Morgan fingerprint density at radius 1 is 0.962 bits per heavy atom. The van der Waals surface area contributed by atoms with E-state index in [0.717, 1.165) is 5.56 Å². The summed E-state index contributed by atoms with van der Waals surface area (Å²) in [5.41, 5.74) is 6.15. The van der Waals surface area contributed by atoms with Crippen LogP contribution in [0.3, 0.4) is 0 Å². The first kappa shape index (κ1) is 21.9. The molecule has 2 aliphatic rings. The van der Waals surface area contributed by atoms with Gasteiger partial charge in [0.2, 0.25) is 0 Å². The number of benzene rings is 2. The van der Waals surface area contributed by atoms with Crippen LogP contribution in [0.25, 0.3) is 0 Å². The fraction of sp³-hybridized carbons (Fsp3) is 0.435.